The van der Waals surface area contributed by atoms with Crippen LogP contribution < -0.4 is 4.74 Å². The number of ether oxygens (including phenoxy) is 3. The second-order valence-electron chi connectivity index (χ2n) is 8.20. The largest absolute Gasteiger partial charge is 0.482 e. The first-order valence-corrected chi connectivity index (χ1v) is 10.2. The molecule has 160 valence electrons. The molecule has 0 amide bonds. The third kappa shape index (κ3) is 5.28. The third-order valence-corrected chi connectivity index (χ3v) is 6.13. The fourth-order valence-corrected chi connectivity index (χ4v) is 4.94. The molecule has 1 fully saturated rings. The summed E-state index contributed by atoms with van der Waals surface area (Å²) in [6, 6.07) is 5.78. The Morgan fingerprint density at radius 2 is 2.03 bits per heavy atom. The molecule has 1 saturated carbocycles. The van der Waals surface area contributed by atoms with Crippen molar-refractivity contribution >= 4 is 11.9 Å². The highest BCUT2D eigenvalue weighted by Crippen LogP contribution is 2.49. The predicted octanol–water partition coefficient (Wildman–Crippen LogP) is 2.22. The average molecular weight is 406 g/mol. The zero-order chi connectivity index (χ0) is 21.0. The normalized spacial score (nSPS) is 26.3. The number of esters is 1. The Morgan fingerprint density at radius 1 is 1.24 bits per heavy atom. The smallest absolute Gasteiger partial charge is 0.341 e. The molecule has 0 aliphatic heterocycles. The summed E-state index contributed by atoms with van der Waals surface area (Å²) < 4.78 is 16.2. The van der Waals surface area contributed by atoms with Gasteiger partial charge in [0, 0.05) is 7.11 Å². The summed E-state index contributed by atoms with van der Waals surface area (Å²) in [5.41, 5.74) is 2.23. The SMILES string of the molecule is COCC(=O)O[C@@H]1C[C@@H]2Cc3c(cccc3OCC(=O)O)C[C@@H]2[C@H]1CC[C@H](C)O. The van der Waals surface area contributed by atoms with Crippen LogP contribution in [0.1, 0.15) is 37.3 Å². The first-order chi connectivity index (χ1) is 13.9. The quantitative estimate of drug-likeness (QED) is 0.606. The maximum absolute atomic E-state index is 12.0. The molecule has 0 bridgehead atoms. The zero-order valence-corrected chi connectivity index (χ0v) is 17.0. The van der Waals surface area contributed by atoms with Gasteiger partial charge in [-0.1, -0.05) is 12.1 Å². The van der Waals surface area contributed by atoms with E-state index in [9.17, 15) is 14.7 Å². The number of carboxylic acid groups (broad SMARTS) is 1. The molecule has 7 nitrogen and oxygen atoms in total. The van der Waals surface area contributed by atoms with E-state index in [1.54, 1.807) is 6.92 Å². The molecule has 2 N–H and O–H groups in total. The fraction of sp³-hybridized carbons (Fsp3) is 0.636. The minimum Gasteiger partial charge on any atom is -0.482 e. The average Bonchev–Trinajstić information content (AvgIpc) is 2.98. The van der Waals surface area contributed by atoms with Gasteiger partial charge >= 0.3 is 11.9 Å². The molecule has 0 unspecified atom stereocenters. The van der Waals surface area contributed by atoms with E-state index in [1.807, 2.05) is 12.1 Å². The highest BCUT2D eigenvalue weighted by Gasteiger charge is 2.47. The number of aliphatic hydroxyl groups is 1. The van der Waals surface area contributed by atoms with Crippen molar-refractivity contribution in [2.24, 2.45) is 17.8 Å². The summed E-state index contributed by atoms with van der Waals surface area (Å²) >= 11 is 0. The van der Waals surface area contributed by atoms with Crippen molar-refractivity contribution in [2.75, 3.05) is 20.3 Å². The van der Waals surface area contributed by atoms with Gasteiger partial charge in [-0.2, -0.15) is 0 Å². The van der Waals surface area contributed by atoms with E-state index in [1.165, 1.54) is 12.7 Å². The van der Waals surface area contributed by atoms with Gasteiger partial charge in [-0.3, -0.25) is 0 Å². The molecule has 0 spiro atoms. The molecule has 7 heteroatoms. The van der Waals surface area contributed by atoms with Gasteiger partial charge in [0.1, 0.15) is 18.5 Å². The Balaban J connectivity index is 1.79. The number of fused-ring (bicyclic) bond motifs is 2. The van der Waals surface area contributed by atoms with Crippen LogP contribution in [0.3, 0.4) is 0 Å². The number of rotatable bonds is 9. The molecule has 5 atom stereocenters. The van der Waals surface area contributed by atoms with Crippen LogP contribution in [0.15, 0.2) is 18.2 Å². The number of aliphatic carboxylic acids is 1. The van der Waals surface area contributed by atoms with Crippen LogP contribution in [-0.4, -0.2) is 54.7 Å². The topological polar surface area (TPSA) is 102 Å². The number of hydrogen-bond donors (Lipinski definition) is 2. The minimum atomic E-state index is -1.000. The Kier molecular flexibility index (Phi) is 7.14. The molecule has 1 aromatic carbocycles. The molecule has 29 heavy (non-hydrogen) atoms. The molecule has 0 radical (unpaired) electrons. The number of carbonyl (C=O) groups is 2. The molecular weight excluding hydrogens is 376 g/mol. The van der Waals surface area contributed by atoms with E-state index < -0.39 is 12.1 Å². The van der Waals surface area contributed by atoms with E-state index in [0.717, 1.165) is 31.2 Å². The van der Waals surface area contributed by atoms with Crippen LogP contribution in [0.2, 0.25) is 0 Å². The summed E-state index contributed by atoms with van der Waals surface area (Å²) in [5, 5.41) is 18.7. The first kappa shape index (κ1) is 21.6. The van der Waals surface area contributed by atoms with Gasteiger partial charge in [0.2, 0.25) is 0 Å². The van der Waals surface area contributed by atoms with Gasteiger partial charge in [-0.25, -0.2) is 9.59 Å². The fourth-order valence-electron chi connectivity index (χ4n) is 4.94. The monoisotopic (exact) mass is 406 g/mol. The molecule has 1 aromatic rings. The summed E-state index contributed by atoms with van der Waals surface area (Å²) in [4.78, 5) is 22.9. The van der Waals surface area contributed by atoms with Gasteiger partial charge in [-0.05, 0) is 74.0 Å². The molecular formula is C22H30O7. The van der Waals surface area contributed by atoms with E-state index >= 15 is 0 Å². The molecule has 3 rings (SSSR count). The van der Waals surface area contributed by atoms with Crippen molar-refractivity contribution < 1.29 is 34.0 Å². The van der Waals surface area contributed by atoms with Crippen LogP contribution in [-0.2, 0) is 31.9 Å². The maximum Gasteiger partial charge on any atom is 0.341 e. The van der Waals surface area contributed by atoms with Crippen LogP contribution in [0.25, 0.3) is 0 Å². The van der Waals surface area contributed by atoms with Crippen molar-refractivity contribution in [1.82, 2.24) is 0 Å². The lowest BCUT2D eigenvalue weighted by atomic mass is 9.73. The number of hydrogen-bond acceptors (Lipinski definition) is 6. The van der Waals surface area contributed by atoms with Crippen molar-refractivity contribution in [2.45, 2.75) is 51.2 Å². The first-order valence-electron chi connectivity index (χ1n) is 10.2. The van der Waals surface area contributed by atoms with Crippen molar-refractivity contribution in [1.29, 1.82) is 0 Å². The molecule has 2 aliphatic rings. The summed E-state index contributed by atoms with van der Waals surface area (Å²) in [7, 11) is 1.47. The number of aliphatic hydroxyl groups excluding tert-OH is 1. The molecule has 0 aromatic heterocycles. The maximum atomic E-state index is 12.0. The number of carbonyl (C=O) groups excluding carboxylic acids is 1. The zero-order valence-electron chi connectivity index (χ0n) is 17.0. The number of methoxy groups -OCH3 is 1. The lowest BCUT2D eigenvalue weighted by Crippen LogP contribution is -2.30. The van der Waals surface area contributed by atoms with Crippen LogP contribution >= 0.6 is 0 Å². The van der Waals surface area contributed by atoms with E-state index in [-0.39, 0.29) is 31.2 Å². The lowest BCUT2D eigenvalue weighted by Gasteiger charge is -2.32. The molecule has 0 saturated heterocycles. The van der Waals surface area contributed by atoms with Gasteiger partial charge in [0.25, 0.3) is 0 Å². The Labute approximate surface area is 171 Å². The highest BCUT2D eigenvalue weighted by molar-refractivity contribution is 5.71. The van der Waals surface area contributed by atoms with Gasteiger partial charge < -0.3 is 24.4 Å². The van der Waals surface area contributed by atoms with Crippen LogP contribution in [0, 0.1) is 17.8 Å². The van der Waals surface area contributed by atoms with Crippen molar-refractivity contribution in [3.8, 4) is 5.75 Å². The standard InChI is InChI=1S/C22H30O7/c1-13(23)6-7-16-17-8-14-4-3-5-19(28-11-21(24)25)18(14)9-15(17)10-20(16)29-22(26)12-27-2/h3-5,13,15-17,20,23H,6-12H2,1-2H3,(H,24,25)/t13-,15-,16+,17-,20+/m0/s1. The van der Waals surface area contributed by atoms with E-state index in [0.29, 0.717) is 24.0 Å². The second-order valence-corrected chi connectivity index (χ2v) is 8.20. The Hall–Kier alpha value is -2.12. The number of carboxylic acids is 1. The molecule has 0 heterocycles. The van der Waals surface area contributed by atoms with Crippen LogP contribution in [0.4, 0.5) is 0 Å². The Bertz CT molecular complexity index is 730. The Morgan fingerprint density at radius 3 is 2.72 bits per heavy atom. The van der Waals surface area contributed by atoms with Gasteiger partial charge in [0.15, 0.2) is 6.61 Å². The number of benzene rings is 1. The summed E-state index contributed by atoms with van der Waals surface area (Å²) in [6.45, 7) is 1.35. The minimum absolute atomic E-state index is 0.0671. The van der Waals surface area contributed by atoms with Crippen LogP contribution in [0.5, 0.6) is 5.75 Å². The van der Waals surface area contributed by atoms with Crippen molar-refractivity contribution in [3.05, 3.63) is 29.3 Å². The van der Waals surface area contributed by atoms with Gasteiger partial charge in [0.05, 0.1) is 6.10 Å². The van der Waals surface area contributed by atoms with E-state index in [2.05, 4.69) is 6.07 Å². The third-order valence-electron chi connectivity index (χ3n) is 6.13. The highest BCUT2D eigenvalue weighted by atomic mass is 16.6. The second kappa shape index (κ2) is 9.59. The summed E-state index contributed by atoms with van der Waals surface area (Å²) in [5.74, 6) is 0.144. The molecule has 2 aliphatic carbocycles. The van der Waals surface area contributed by atoms with Gasteiger partial charge in [-0.15, -0.1) is 0 Å². The van der Waals surface area contributed by atoms with Crippen molar-refractivity contribution in [3.63, 3.8) is 0 Å². The lowest BCUT2D eigenvalue weighted by molar-refractivity contribution is -0.155. The van der Waals surface area contributed by atoms with E-state index in [4.69, 9.17) is 19.3 Å². The summed E-state index contributed by atoms with van der Waals surface area (Å²) in [6.07, 6.45) is 3.26. The predicted molar refractivity (Wildman–Crippen MR) is 105 cm³/mol.